The predicted octanol–water partition coefficient (Wildman–Crippen LogP) is 3.77. The fourth-order valence-electron chi connectivity index (χ4n) is 3.51. The van der Waals surface area contributed by atoms with Gasteiger partial charge in [0.15, 0.2) is 0 Å². The average Bonchev–Trinajstić information content (AvgIpc) is 3.04. The quantitative estimate of drug-likeness (QED) is 0.904. The summed E-state index contributed by atoms with van der Waals surface area (Å²) in [6.07, 6.45) is 1.11. The molecule has 0 amide bonds. The zero-order valence-corrected chi connectivity index (χ0v) is 14.0. The molecule has 1 heterocycles. The Hall–Kier alpha value is -1.78. The minimum absolute atomic E-state index is 0.0954. The molecule has 0 aromatic heterocycles. The van der Waals surface area contributed by atoms with Crippen LogP contribution in [0.5, 0.6) is 0 Å². The summed E-state index contributed by atoms with van der Waals surface area (Å²) >= 11 is 0. The van der Waals surface area contributed by atoms with E-state index in [1.54, 1.807) is 0 Å². The van der Waals surface area contributed by atoms with Crippen LogP contribution in [0.2, 0.25) is 0 Å². The van der Waals surface area contributed by atoms with Crippen molar-refractivity contribution in [1.82, 2.24) is 4.90 Å². The van der Waals surface area contributed by atoms with Gasteiger partial charge in [-0.05, 0) is 61.2 Å². The van der Waals surface area contributed by atoms with Crippen LogP contribution in [0.15, 0.2) is 48.5 Å². The Morgan fingerprint density at radius 1 is 1.00 bits per heavy atom. The molecule has 2 atom stereocenters. The molecule has 1 aliphatic rings. The van der Waals surface area contributed by atoms with Crippen LogP contribution in [-0.4, -0.2) is 30.6 Å². The number of halogens is 2. The van der Waals surface area contributed by atoms with E-state index in [1.165, 1.54) is 24.3 Å². The molecule has 0 spiro atoms. The summed E-state index contributed by atoms with van der Waals surface area (Å²) in [5.74, 6) is 0.134. The van der Waals surface area contributed by atoms with Gasteiger partial charge in [-0.15, -0.1) is 0 Å². The van der Waals surface area contributed by atoms with Crippen LogP contribution in [-0.2, 0) is 0 Å². The fourth-order valence-corrected chi connectivity index (χ4v) is 3.51. The monoisotopic (exact) mass is 330 g/mol. The van der Waals surface area contributed by atoms with Crippen molar-refractivity contribution >= 4 is 0 Å². The Balaban J connectivity index is 1.82. The molecule has 0 radical (unpaired) electrons. The highest BCUT2D eigenvalue weighted by molar-refractivity contribution is 5.33. The largest absolute Gasteiger partial charge is 0.328 e. The summed E-state index contributed by atoms with van der Waals surface area (Å²) in [5.41, 5.74) is 8.13. The van der Waals surface area contributed by atoms with Gasteiger partial charge in [0.2, 0.25) is 0 Å². The molecule has 24 heavy (non-hydrogen) atoms. The predicted molar refractivity (Wildman–Crippen MR) is 92.8 cm³/mol. The van der Waals surface area contributed by atoms with Gasteiger partial charge in [-0.3, -0.25) is 0 Å². The lowest BCUT2D eigenvalue weighted by atomic mass is 9.90. The minimum atomic E-state index is -0.241. The van der Waals surface area contributed by atoms with Gasteiger partial charge >= 0.3 is 0 Å². The molecule has 2 aromatic rings. The van der Waals surface area contributed by atoms with Crippen molar-refractivity contribution in [3.8, 4) is 0 Å². The Labute approximate surface area is 142 Å². The first-order valence-electron chi connectivity index (χ1n) is 8.52. The number of hydrogen-bond donors (Lipinski definition) is 1. The highest BCUT2D eigenvalue weighted by Gasteiger charge is 2.27. The second-order valence-corrected chi connectivity index (χ2v) is 6.82. The molecule has 128 valence electrons. The SMILES string of the molecule is CC(N)C1CCN(CC(c2ccc(F)cc2)c2ccc(F)cc2)C1. The highest BCUT2D eigenvalue weighted by atomic mass is 19.1. The molecule has 1 fully saturated rings. The summed E-state index contributed by atoms with van der Waals surface area (Å²) in [6.45, 7) is 4.90. The lowest BCUT2D eigenvalue weighted by Gasteiger charge is -2.25. The van der Waals surface area contributed by atoms with Crippen molar-refractivity contribution in [3.63, 3.8) is 0 Å². The van der Waals surface area contributed by atoms with Gasteiger partial charge in [-0.25, -0.2) is 8.78 Å². The molecule has 1 saturated heterocycles. The van der Waals surface area contributed by atoms with Crippen molar-refractivity contribution < 1.29 is 8.78 Å². The van der Waals surface area contributed by atoms with E-state index >= 15 is 0 Å². The van der Waals surface area contributed by atoms with E-state index in [4.69, 9.17) is 5.73 Å². The summed E-state index contributed by atoms with van der Waals surface area (Å²) in [7, 11) is 0. The Bertz CT molecular complexity index is 607. The topological polar surface area (TPSA) is 29.3 Å². The van der Waals surface area contributed by atoms with Crippen molar-refractivity contribution in [3.05, 3.63) is 71.3 Å². The average molecular weight is 330 g/mol. The summed E-state index contributed by atoms with van der Waals surface area (Å²) in [6, 6.07) is 13.4. The van der Waals surface area contributed by atoms with Crippen LogP contribution in [0.3, 0.4) is 0 Å². The van der Waals surface area contributed by atoms with Crippen molar-refractivity contribution in [1.29, 1.82) is 0 Å². The number of nitrogens with zero attached hydrogens (tertiary/aromatic N) is 1. The first-order chi connectivity index (χ1) is 11.5. The lowest BCUT2D eigenvalue weighted by molar-refractivity contribution is 0.306. The fraction of sp³-hybridized carbons (Fsp3) is 0.400. The molecule has 2 nitrogen and oxygen atoms in total. The van der Waals surface area contributed by atoms with Gasteiger partial charge in [-0.1, -0.05) is 24.3 Å². The lowest BCUT2D eigenvalue weighted by Crippen LogP contribution is -2.32. The molecular weight excluding hydrogens is 306 g/mol. The second kappa shape index (κ2) is 7.41. The van der Waals surface area contributed by atoms with Gasteiger partial charge < -0.3 is 10.6 Å². The highest BCUT2D eigenvalue weighted by Crippen LogP contribution is 2.29. The van der Waals surface area contributed by atoms with E-state index in [0.717, 1.165) is 37.2 Å². The molecule has 0 aliphatic carbocycles. The normalized spacial score (nSPS) is 19.8. The first-order valence-corrected chi connectivity index (χ1v) is 8.52. The van der Waals surface area contributed by atoms with Gasteiger partial charge in [0, 0.05) is 25.0 Å². The van der Waals surface area contributed by atoms with Crippen molar-refractivity contribution in [2.24, 2.45) is 11.7 Å². The molecule has 2 unspecified atom stereocenters. The summed E-state index contributed by atoms with van der Waals surface area (Å²) in [4.78, 5) is 2.41. The number of benzene rings is 2. The van der Waals surface area contributed by atoms with Gasteiger partial charge in [0.05, 0.1) is 0 Å². The molecule has 3 rings (SSSR count). The van der Waals surface area contributed by atoms with E-state index in [9.17, 15) is 8.78 Å². The van der Waals surface area contributed by atoms with Crippen LogP contribution in [0, 0.1) is 17.6 Å². The number of hydrogen-bond acceptors (Lipinski definition) is 2. The van der Waals surface area contributed by atoms with Gasteiger partial charge in [-0.2, -0.15) is 0 Å². The molecule has 0 bridgehead atoms. The van der Waals surface area contributed by atoms with Crippen molar-refractivity contribution in [2.75, 3.05) is 19.6 Å². The van der Waals surface area contributed by atoms with E-state index in [-0.39, 0.29) is 23.6 Å². The Morgan fingerprint density at radius 2 is 1.50 bits per heavy atom. The van der Waals surface area contributed by atoms with Crippen LogP contribution < -0.4 is 5.73 Å². The van der Waals surface area contributed by atoms with E-state index in [2.05, 4.69) is 11.8 Å². The zero-order valence-electron chi connectivity index (χ0n) is 14.0. The molecule has 2 N–H and O–H groups in total. The first kappa shape index (κ1) is 17.1. The van der Waals surface area contributed by atoms with E-state index < -0.39 is 0 Å². The Kier molecular flexibility index (Phi) is 5.27. The number of rotatable bonds is 5. The van der Waals surface area contributed by atoms with Crippen molar-refractivity contribution in [2.45, 2.75) is 25.3 Å². The third kappa shape index (κ3) is 4.00. The number of likely N-dealkylation sites (tertiary alicyclic amines) is 1. The van der Waals surface area contributed by atoms with Gasteiger partial charge in [0.1, 0.15) is 11.6 Å². The maximum Gasteiger partial charge on any atom is 0.123 e. The van der Waals surface area contributed by atoms with Crippen LogP contribution in [0.1, 0.15) is 30.4 Å². The van der Waals surface area contributed by atoms with Crippen LogP contribution in [0.4, 0.5) is 8.78 Å². The van der Waals surface area contributed by atoms with Crippen LogP contribution in [0.25, 0.3) is 0 Å². The third-order valence-electron chi connectivity index (χ3n) is 5.04. The smallest absolute Gasteiger partial charge is 0.123 e. The summed E-state index contributed by atoms with van der Waals surface area (Å²) < 4.78 is 26.6. The molecule has 4 heteroatoms. The number of nitrogens with two attached hydrogens (primary N) is 1. The third-order valence-corrected chi connectivity index (χ3v) is 5.04. The van der Waals surface area contributed by atoms with Gasteiger partial charge in [0.25, 0.3) is 0 Å². The maximum absolute atomic E-state index is 13.3. The zero-order chi connectivity index (χ0) is 17.1. The minimum Gasteiger partial charge on any atom is -0.328 e. The Morgan fingerprint density at radius 3 is 1.92 bits per heavy atom. The molecule has 0 saturated carbocycles. The molecule has 2 aromatic carbocycles. The maximum atomic E-state index is 13.3. The van der Waals surface area contributed by atoms with E-state index in [1.807, 2.05) is 24.3 Å². The standard InChI is InChI=1S/C20H24F2N2/c1-14(23)17-10-11-24(12-17)13-20(15-2-6-18(21)7-3-15)16-4-8-19(22)9-5-16/h2-9,14,17,20H,10-13,23H2,1H3. The molecule has 1 aliphatic heterocycles. The second-order valence-electron chi connectivity index (χ2n) is 6.82. The van der Waals surface area contributed by atoms with E-state index in [0.29, 0.717) is 5.92 Å². The summed E-state index contributed by atoms with van der Waals surface area (Å²) in [5, 5.41) is 0. The molecular formula is C20H24F2N2. The van der Waals surface area contributed by atoms with Crippen LogP contribution >= 0.6 is 0 Å².